The fourth-order valence-electron chi connectivity index (χ4n) is 4.56. The monoisotopic (exact) mass is 416 g/mol. The summed E-state index contributed by atoms with van der Waals surface area (Å²) in [5.74, 6) is 1.99. The van der Waals surface area contributed by atoms with Crippen molar-refractivity contribution in [1.29, 1.82) is 0 Å². The molecule has 2 aliphatic rings. The third-order valence-electron chi connectivity index (χ3n) is 5.87. The topological polar surface area (TPSA) is 89.3 Å². The van der Waals surface area contributed by atoms with Gasteiger partial charge in [-0.3, -0.25) is 4.79 Å². The minimum absolute atomic E-state index is 0.0899. The number of methoxy groups -OCH3 is 1. The summed E-state index contributed by atoms with van der Waals surface area (Å²) >= 11 is 0. The summed E-state index contributed by atoms with van der Waals surface area (Å²) in [4.78, 5) is 18.0. The summed E-state index contributed by atoms with van der Waals surface area (Å²) in [6.07, 6.45) is 1.20. The van der Waals surface area contributed by atoms with Crippen LogP contribution < -0.4 is 10.1 Å². The molecule has 7 nitrogen and oxygen atoms in total. The molecule has 7 heteroatoms. The molecule has 3 aromatic rings. The Hall–Kier alpha value is -3.61. The van der Waals surface area contributed by atoms with Crippen molar-refractivity contribution in [1.82, 2.24) is 14.8 Å². The molecular weight excluding hydrogens is 392 g/mol. The number of anilines is 1. The molecule has 1 atom stereocenters. The molecule has 0 radical (unpaired) electrons. The highest BCUT2D eigenvalue weighted by Gasteiger charge is 2.42. The normalized spacial score (nSPS) is 19.5. The molecule has 5 rings (SSSR count). The molecular formula is C24H24N4O3. The number of phenolic OH excluding ortho intramolecular Hbond substituents is 1. The van der Waals surface area contributed by atoms with Crippen molar-refractivity contribution in [3.8, 4) is 22.9 Å². The van der Waals surface area contributed by atoms with E-state index in [1.54, 1.807) is 30.0 Å². The van der Waals surface area contributed by atoms with E-state index < -0.39 is 6.04 Å². The van der Waals surface area contributed by atoms with Gasteiger partial charge in [0.25, 0.3) is 0 Å². The first kappa shape index (κ1) is 19.4. The van der Waals surface area contributed by atoms with Crippen molar-refractivity contribution >= 4 is 11.7 Å². The molecule has 2 N–H and O–H groups in total. The minimum atomic E-state index is -0.460. The Balaban J connectivity index is 1.70. The van der Waals surface area contributed by atoms with Gasteiger partial charge in [0, 0.05) is 17.7 Å². The molecule has 0 fully saturated rings. The molecule has 0 bridgehead atoms. The van der Waals surface area contributed by atoms with Crippen molar-refractivity contribution in [2.24, 2.45) is 5.41 Å². The predicted octanol–water partition coefficient (Wildman–Crippen LogP) is 4.32. The fraction of sp³-hybridized carbons (Fsp3) is 0.292. The van der Waals surface area contributed by atoms with Gasteiger partial charge in [0.05, 0.1) is 12.7 Å². The smallest absolute Gasteiger partial charge is 0.226 e. The third kappa shape index (κ3) is 3.26. The van der Waals surface area contributed by atoms with Gasteiger partial charge in [-0.15, -0.1) is 5.10 Å². The Morgan fingerprint density at radius 3 is 2.74 bits per heavy atom. The van der Waals surface area contributed by atoms with Crippen molar-refractivity contribution in [3.05, 3.63) is 65.4 Å². The third-order valence-corrected chi connectivity index (χ3v) is 5.87. The van der Waals surface area contributed by atoms with E-state index in [1.165, 1.54) is 0 Å². The van der Waals surface area contributed by atoms with Crippen LogP contribution in [0.15, 0.2) is 59.8 Å². The number of ketones is 1. The molecule has 1 unspecified atom stereocenters. The largest absolute Gasteiger partial charge is 0.508 e. The summed E-state index contributed by atoms with van der Waals surface area (Å²) in [5, 5.41) is 18.3. The van der Waals surface area contributed by atoms with Crippen LogP contribution in [0.1, 0.15) is 38.3 Å². The number of hydrogen-bond donors (Lipinski definition) is 2. The number of hydrogen-bond acceptors (Lipinski definition) is 6. The van der Waals surface area contributed by atoms with Crippen LogP contribution in [0.25, 0.3) is 11.4 Å². The van der Waals surface area contributed by atoms with Crippen molar-refractivity contribution in [2.45, 2.75) is 32.7 Å². The second-order valence-electron chi connectivity index (χ2n) is 8.86. The molecule has 2 aromatic carbocycles. The van der Waals surface area contributed by atoms with Gasteiger partial charge >= 0.3 is 0 Å². The number of nitrogens with one attached hydrogen (secondary N) is 1. The molecule has 0 amide bonds. The number of ether oxygens (including phenoxy) is 1. The van der Waals surface area contributed by atoms with E-state index in [2.05, 4.69) is 19.2 Å². The number of rotatable bonds is 3. The zero-order valence-electron chi connectivity index (χ0n) is 17.7. The molecule has 2 heterocycles. The second-order valence-corrected chi connectivity index (χ2v) is 8.86. The van der Waals surface area contributed by atoms with E-state index in [9.17, 15) is 9.90 Å². The molecule has 0 saturated carbocycles. The van der Waals surface area contributed by atoms with Gasteiger partial charge in [0.15, 0.2) is 11.6 Å². The van der Waals surface area contributed by atoms with Gasteiger partial charge in [-0.05, 0) is 41.7 Å². The Bertz CT molecular complexity index is 1230. The number of allylic oxidation sites excluding steroid dienone is 2. The fourth-order valence-corrected chi connectivity index (χ4v) is 4.56. The molecule has 1 aliphatic heterocycles. The quantitative estimate of drug-likeness (QED) is 0.661. The number of phenols is 1. The number of para-hydroxylation sites is 1. The highest BCUT2D eigenvalue weighted by atomic mass is 16.5. The lowest BCUT2D eigenvalue weighted by molar-refractivity contribution is -0.118. The van der Waals surface area contributed by atoms with Crippen molar-refractivity contribution < 1.29 is 14.6 Å². The van der Waals surface area contributed by atoms with E-state index in [0.717, 1.165) is 23.2 Å². The Morgan fingerprint density at radius 2 is 1.97 bits per heavy atom. The number of carbonyl (C=O) groups is 1. The van der Waals surface area contributed by atoms with Crippen LogP contribution >= 0.6 is 0 Å². The van der Waals surface area contributed by atoms with Gasteiger partial charge in [-0.2, -0.15) is 4.98 Å². The molecule has 31 heavy (non-hydrogen) atoms. The standard InChI is InChI=1S/C24H24N4O3/c1-24(2)12-17-20(18(30)13-24)21(14-7-6-8-15(29)11-14)28-23(25-17)26-22(27-28)16-9-4-5-10-19(16)31-3/h4-11,21,29H,12-13H2,1-3H3,(H,25,26,27). The maximum absolute atomic E-state index is 13.3. The maximum atomic E-state index is 13.3. The van der Waals surface area contributed by atoms with Gasteiger partial charge in [-0.1, -0.05) is 38.1 Å². The predicted molar refractivity (Wildman–Crippen MR) is 117 cm³/mol. The number of benzene rings is 2. The van der Waals surface area contributed by atoms with Crippen LogP contribution in [-0.4, -0.2) is 32.8 Å². The van der Waals surface area contributed by atoms with Gasteiger partial charge in [-0.25, -0.2) is 4.68 Å². The van der Waals surface area contributed by atoms with Crippen LogP contribution in [0.5, 0.6) is 11.5 Å². The Kier molecular flexibility index (Phi) is 4.36. The average Bonchev–Trinajstić information content (AvgIpc) is 3.14. The van der Waals surface area contributed by atoms with Crippen LogP contribution in [0.3, 0.4) is 0 Å². The van der Waals surface area contributed by atoms with Crippen LogP contribution in [-0.2, 0) is 4.79 Å². The summed E-state index contributed by atoms with van der Waals surface area (Å²) in [7, 11) is 1.61. The lowest BCUT2D eigenvalue weighted by atomic mass is 9.73. The second kappa shape index (κ2) is 6.97. The Morgan fingerprint density at radius 1 is 1.16 bits per heavy atom. The first-order chi connectivity index (χ1) is 14.9. The number of carbonyl (C=O) groups excluding carboxylic acids is 1. The zero-order valence-corrected chi connectivity index (χ0v) is 17.7. The summed E-state index contributed by atoms with van der Waals surface area (Å²) in [5.41, 5.74) is 2.99. The van der Waals surface area contributed by atoms with E-state index in [1.807, 2.05) is 30.3 Å². The first-order valence-electron chi connectivity index (χ1n) is 10.3. The van der Waals surface area contributed by atoms with Gasteiger partial charge in [0.1, 0.15) is 17.5 Å². The lowest BCUT2D eigenvalue weighted by Crippen LogP contribution is -2.36. The molecule has 0 saturated heterocycles. The van der Waals surface area contributed by atoms with E-state index >= 15 is 0 Å². The van der Waals surface area contributed by atoms with Crippen molar-refractivity contribution in [3.63, 3.8) is 0 Å². The number of fused-ring (bicyclic) bond motifs is 1. The first-order valence-corrected chi connectivity index (χ1v) is 10.3. The van der Waals surface area contributed by atoms with Crippen molar-refractivity contribution in [2.75, 3.05) is 12.4 Å². The van der Waals surface area contributed by atoms with Gasteiger partial charge < -0.3 is 15.2 Å². The molecule has 0 spiro atoms. The number of aromatic hydroxyl groups is 1. The number of aromatic nitrogens is 3. The molecule has 1 aliphatic carbocycles. The van der Waals surface area contributed by atoms with Gasteiger partial charge in [0.2, 0.25) is 5.95 Å². The summed E-state index contributed by atoms with van der Waals surface area (Å²) in [6, 6.07) is 14.1. The van der Waals surface area contributed by atoms with E-state index in [0.29, 0.717) is 29.5 Å². The number of Topliss-reactive ketones (excluding diaryl/α,β-unsaturated/α-hetero) is 1. The average molecular weight is 416 g/mol. The SMILES string of the molecule is COc1ccccc1-c1nc2n(n1)C(c1cccc(O)c1)C1=C(CC(C)(C)CC1=O)N2. The highest BCUT2D eigenvalue weighted by Crippen LogP contribution is 2.46. The van der Waals surface area contributed by atoms with Crippen LogP contribution in [0.4, 0.5) is 5.95 Å². The molecule has 1 aromatic heterocycles. The highest BCUT2D eigenvalue weighted by molar-refractivity contribution is 6.00. The van der Waals surface area contributed by atoms with E-state index in [-0.39, 0.29) is 16.9 Å². The maximum Gasteiger partial charge on any atom is 0.226 e. The zero-order chi connectivity index (χ0) is 21.8. The lowest BCUT2D eigenvalue weighted by Gasteiger charge is -2.38. The minimum Gasteiger partial charge on any atom is -0.508 e. The summed E-state index contributed by atoms with van der Waals surface area (Å²) in [6.45, 7) is 4.19. The van der Waals surface area contributed by atoms with Crippen LogP contribution in [0, 0.1) is 5.41 Å². The van der Waals surface area contributed by atoms with E-state index in [4.69, 9.17) is 14.8 Å². The number of nitrogens with zero attached hydrogens (tertiary/aromatic N) is 3. The molecule has 158 valence electrons. The van der Waals surface area contributed by atoms with Crippen LogP contribution in [0.2, 0.25) is 0 Å². The Labute approximate surface area is 180 Å². The summed E-state index contributed by atoms with van der Waals surface area (Å²) < 4.78 is 7.23.